The minimum Gasteiger partial charge on any atom is -0.480 e. The van der Waals surface area contributed by atoms with Crippen molar-refractivity contribution in [3.8, 4) is 0 Å². The fourth-order valence-corrected chi connectivity index (χ4v) is 2.07. The van der Waals surface area contributed by atoms with Gasteiger partial charge in [-0.1, -0.05) is 64.0 Å². The third-order valence-electron chi connectivity index (χ3n) is 2.45. The van der Waals surface area contributed by atoms with Gasteiger partial charge in [0, 0.05) is 0 Å². The van der Waals surface area contributed by atoms with Crippen LogP contribution in [0.25, 0.3) is 0 Å². The lowest BCUT2D eigenvalue weighted by Crippen LogP contribution is -2.12. The van der Waals surface area contributed by atoms with Crippen molar-refractivity contribution in [3.63, 3.8) is 0 Å². The van der Waals surface area contributed by atoms with Crippen LogP contribution in [-0.2, 0) is 9.59 Å². The molecule has 100 valence electrons. The molecular weight excluding hydrogens is 356 g/mol. The fraction of sp³-hybridized carbons (Fsp3) is 0.818. The number of carboxylic acid groups (broad SMARTS) is 2. The predicted molar refractivity (Wildman–Crippen MR) is 73.0 cm³/mol. The molecule has 0 spiro atoms. The van der Waals surface area contributed by atoms with Crippen LogP contribution in [0.4, 0.5) is 0 Å². The quantitative estimate of drug-likeness (QED) is 0.454. The van der Waals surface area contributed by atoms with E-state index in [1.807, 2.05) is 0 Å². The van der Waals surface area contributed by atoms with E-state index in [4.69, 9.17) is 10.2 Å². The van der Waals surface area contributed by atoms with Gasteiger partial charge in [0.25, 0.3) is 0 Å². The Hall–Kier alpha value is -0.100. The lowest BCUT2D eigenvalue weighted by molar-refractivity contribution is -0.137. The standard InChI is InChI=1S/C11H18Br2O4/c12-8(10(14)15)6-4-2-1-3-5-7-9(13)11(16)17/h8-9H,1-7H2,(H,14,15)(H,16,17). The first-order valence-corrected chi connectivity index (χ1v) is 7.52. The van der Waals surface area contributed by atoms with Crippen LogP contribution in [0.5, 0.6) is 0 Å². The maximum absolute atomic E-state index is 10.5. The van der Waals surface area contributed by atoms with Gasteiger partial charge in [0.2, 0.25) is 0 Å². The van der Waals surface area contributed by atoms with E-state index in [1.165, 1.54) is 0 Å². The molecule has 0 rings (SSSR count). The van der Waals surface area contributed by atoms with E-state index >= 15 is 0 Å². The van der Waals surface area contributed by atoms with Crippen LogP contribution in [0.2, 0.25) is 0 Å². The molecule has 2 atom stereocenters. The SMILES string of the molecule is O=C(O)C(Br)CCCCCCCC(Br)C(=O)O. The summed E-state index contributed by atoms with van der Waals surface area (Å²) < 4.78 is 0. The Balaban J connectivity index is 3.30. The molecule has 0 bridgehead atoms. The Morgan fingerprint density at radius 3 is 1.35 bits per heavy atom. The summed E-state index contributed by atoms with van der Waals surface area (Å²) in [6.07, 6.45) is 6.08. The highest BCUT2D eigenvalue weighted by Crippen LogP contribution is 2.15. The molecule has 0 saturated heterocycles. The Morgan fingerprint density at radius 2 is 1.06 bits per heavy atom. The predicted octanol–water partition coefficient (Wildman–Crippen LogP) is 3.41. The zero-order valence-corrected chi connectivity index (χ0v) is 12.7. The smallest absolute Gasteiger partial charge is 0.317 e. The normalized spacial score (nSPS) is 14.2. The maximum Gasteiger partial charge on any atom is 0.317 e. The summed E-state index contributed by atoms with van der Waals surface area (Å²) in [6, 6.07) is 0. The van der Waals surface area contributed by atoms with Crippen molar-refractivity contribution in [2.24, 2.45) is 0 Å². The van der Waals surface area contributed by atoms with Crippen LogP contribution < -0.4 is 0 Å². The molecule has 0 fully saturated rings. The summed E-state index contributed by atoms with van der Waals surface area (Å²) >= 11 is 6.18. The van der Waals surface area contributed by atoms with Gasteiger partial charge in [-0.2, -0.15) is 0 Å². The lowest BCUT2D eigenvalue weighted by Gasteiger charge is -2.05. The van der Waals surface area contributed by atoms with Gasteiger partial charge in [0.1, 0.15) is 9.65 Å². The Bertz CT molecular complexity index is 222. The molecule has 0 aromatic heterocycles. The molecule has 2 N–H and O–H groups in total. The number of alkyl halides is 2. The Labute approximate surface area is 118 Å². The van der Waals surface area contributed by atoms with E-state index < -0.39 is 21.6 Å². The van der Waals surface area contributed by atoms with Gasteiger partial charge in [-0.3, -0.25) is 9.59 Å². The van der Waals surface area contributed by atoms with E-state index in [0.717, 1.165) is 32.1 Å². The second kappa shape index (κ2) is 9.88. The number of carboxylic acids is 2. The zero-order valence-electron chi connectivity index (χ0n) is 9.57. The van der Waals surface area contributed by atoms with Gasteiger partial charge in [-0.05, 0) is 12.8 Å². The third-order valence-corrected chi connectivity index (χ3v) is 4.15. The van der Waals surface area contributed by atoms with Crippen molar-refractivity contribution in [1.29, 1.82) is 0 Å². The van der Waals surface area contributed by atoms with Crippen molar-refractivity contribution in [2.45, 2.75) is 54.6 Å². The first-order chi connectivity index (χ1) is 7.95. The molecular formula is C11H18Br2O4. The Morgan fingerprint density at radius 1 is 0.765 bits per heavy atom. The molecule has 0 heterocycles. The highest BCUT2D eigenvalue weighted by Gasteiger charge is 2.12. The van der Waals surface area contributed by atoms with Crippen LogP contribution in [0.15, 0.2) is 0 Å². The molecule has 0 aliphatic carbocycles. The number of hydrogen-bond acceptors (Lipinski definition) is 2. The first kappa shape index (κ1) is 16.9. The number of rotatable bonds is 10. The van der Waals surface area contributed by atoms with Gasteiger partial charge in [-0.15, -0.1) is 0 Å². The number of aliphatic carboxylic acids is 2. The van der Waals surface area contributed by atoms with Gasteiger partial charge < -0.3 is 10.2 Å². The molecule has 0 aromatic rings. The average molecular weight is 374 g/mol. The summed E-state index contributed by atoms with van der Waals surface area (Å²) in [4.78, 5) is 20.1. The second-order valence-electron chi connectivity index (χ2n) is 3.96. The fourth-order valence-electron chi connectivity index (χ4n) is 1.42. The minimum absolute atomic E-state index is 0.443. The molecule has 17 heavy (non-hydrogen) atoms. The van der Waals surface area contributed by atoms with E-state index in [1.54, 1.807) is 0 Å². The van der Waals surface area contributed by atoms with Crippen molar-refractivity contribution >= 4 is 43.8 Å². The Kier molecular flexibility index (Phi) is 9.82. The van der Waals surface area contributed by atoms with Gasteiger partial charge in [-0.25, -0.2) is 0 Å². The summed E-state index contributed by atoms with van der Waals surface area (Å²) in [5.74, 6) is -1.62. The van der Waals surface area contributed by atoms with E-state index in [2.05, 4.69) is 31.9 Å². The van der Waals surface area contributed by atoms with Crippen LogP contribution in [0.3, 0.4) is 0 Å². The van der Waals surface area contributed by atoms with Gasteiger partial charge >= 0.3 is 11.9 Å². The van der Waals surface area contributed by atoms with Crippen molar-refractivity contribution in [3.05, 3.63) is 0 Å². The largest absolute Gasteiger partial charge is 0.480 e. The maximum atomic E-state index is 10.5. The molecule has 6 heteroatoms. The number of halogens is 2. The van der Waals surface area contributed by atoms with E-state index in [9.17, 15) is 9.59 Å². The number of carbonyl (C=O) groups is 2. The first-order valence-electron chi connectivity index (χ1n) is 5.69. The monoisotopic (exact) mass is 372 g/mol. The summed E-state index contributed by atoms with van der Waals surface area (Å²) in [6.45, 7) is 0. The van der Waals surface area contributed by atoms with Crippen LogP contribution >= 0.6 is 31.9 Å². The lowest BCUT2D eigenvalue weighted by atomic mass is 10.1. The molecule has 0 aliphatic heterocycles. The van der Waals surface area contributed by atoms with Crippen molar-refractivity contribution < 1.29 is 19.8 Å². The van der Waals surface area contributed by atoms with E-state index in [0.29, 0.717) is 12.8 Å². The molecule has 0 saturated carbocycles. The van der Waals surface area contributed by atoms with E-state index in [-0.39, 0.29) is 0 Å². The van der Waals surface area contributed by atoms with Gasteiger partial charge in [0.15, 0.2) is 0 Å². The molecule has 2 unspecified atom stereocenters. The highest BCUT2D eigenvalue weighted by molar-refractivity contribution is 9.10. The third kappa shape index (κ3) is 9.59. The van der Waals surface area contributed by atoms with Gasteiger partial charge in [0.05, 0.1) is 0 Å². The number of unbranched alkanes of at least 4 members (excludes halogenated alkanes) is 4. The van der Waals surface area contributed by atoms with Crippen molar-refractivity contribution in [2.75, 3.05) is 0 Å². The summed E-state index contributed by atoms with van der Waals surface area (Å²) in [5, 5.41) is 17.3. The second-order valence-corrected chi connectivity index (χ2v) is 6.17. The molecule has 0 aliphatic rings. The van der Waals surface area contributed by atoms with Crippen molar-refractivity contribution in [1.82, 2.24) is 0 Å². The summed E-state index contributed by atoms with van der Waals surface area (Å²) in [7, 11) is 0. The van der Waals surface area contributed by atoms with Crippen LogP contribution in [-0.4, -0.2) is 31.8 Å². The number of hydrogen-bond donors (Lipinski definition) is 2. The zero-order chi connectivity index (χ0) is 13.3. The highest BCUT2D eigenvalue weighted by atomic mass is 79.9. The molecule has 0 aromatic carbocycles. The topological polar surface area (TPSA) is 74.6 Å². The molecule has 0 radical (unpaired) electrons. The van der Waals surface area contributed by atoms with Crippen LogP contribution in [0, 0.1) is 0 Å². The van der Waals surface area contributed by atoms with Crippen LogP contribution in [0.1, 0.15) is 44.9 Å². The minimum atomic E-state index is -0.811. The molecule has 4 nitrogen and oxygen atoms in total. The molecule has 0 amide bonds. The summed E-state index contributed by atoms with van der Waals surface area (Å²) in [5.41, 5.74) is 0. The average Bonchev–Trinajstić information content (AvgIpc) is 2.26.